The van der Waals surface area contributed by atoms with E-state index >= 15 is 0 Å². The topological polar surface area (TPSA) is 0 Å². The molecule has 0 aliphatic rings. The molecule has 1 aromatic rings. The average molecular weight is 192 g/mol. The summed E-state index contributed by atoms with van der Waals surface area (Å²) in [5.41, 5.74) is 0. The van der Waals surface area contributed by atoms with Crippen LogP contribution in [0.2, 0.25) is 0 Å². The number of rotatable bonds is 0. The third-order valence-corrected chi connectivity index (χ3v) is 1.62. The van der Waals surface area contributed by atoms with Gasteiger partial charge in [-0.2, -0.15) is 0 Å². The second kappa shape index (κ2) is 12.0. The Morgan fingerprint density at radius 1 is 0.714 bits per heavy atom. The molecule has 14 heavy (non-hydrogen) atoms. The zero-order valence-electron chi connectivity index (χ0n) is 10.5. The minimum absolute atomic E-state index is 1.31. The standard InChI is InChI=1S/C10H12.2C2H6/c1-3-9-7-5-6-8-10(9)4-2;2*1-2/h3-8H,1-2H3;2*1-2H3/b9-3-,10-4-;;. The van der Waals surface area contributed by atoms with E-state index in [1.54, 1.807) is 0 Å². The van der Waals surface area contributed by atoms with E-state index in [1.807, 2.05) is 27.7 Å². The highest BCUT2D eigenvalue weighted by Gasteiger charge is 1.77. The highest BCUT2D eigenvalue weighted by Crippen LogP contribution is 1.71. The van der Waals surface area contributed by atoms with Crippen molar-refractivity contribution in [3.63, 3.8) is 0 Å². The minimum Gasteiger partial charge on any atom is -0.0798 e. The Labute approximate surface area is 89.0 Å². The highest BCUT2D eigenvalue weighted by atomic mass is 13.8. The lowest BCUT2D eigenvalue weighted by molar-refractivity contribution is 1.50. The Hall–Kier alpha value is -1.04. The van der Waals surface area contributed by atoms with Crippen LogP contribution < -0.4 is 10.4 Å². The first-order valence-corrected chi connectivity index (χ1v) is 5.56. The molecule has 0 spiro atoms. The quantitative estimate of drug-likeness (QED) is 0.591. The number of hydrogen-bond acceptors (Lipinski definition) is 0. The van der Waals surface area contributed by atoms with Gasteiger partial charge in [0.15, 0.2) is 0 Å². The number of hydrogen-bond donors (Lipinski definition) is 0. The Morgan fingerprint density at radius 2 is 1.00 bits per heavy atom. The molecule has 0 bridgehead atoms. The van der Waals surface area contributed by atoms with Crippen LogP contribution in [-0.4, -0.2) is 0 Å². The summed E-state index contributed by atoms with van der Waals surface area (Å²) in [6.45, 7) is 12.1. The first kappa shape index (κ1) is 15.4. The molecule has 0 radical (unpaired) electrons. The molecule has 80 valence electrons. The second-order valence-electron chi connectivity index (χ2n) is 2.21. The summed E-state index contributed by atoms with van der Waals surface area (Å²) in [6, 6.07) is 8.36. The molecule has 0 aromatic heterocycles. The predicted molar refractivity (Wildman–Crippen MR) is 68.7 cm³/mol. The Kier molecular flexibility index (Phi) is 13.2. The third kappa shape index (κ3) is 5.58. The Morgan fingerprint density at radius 3 is 1.21 bits per heavy atom. The Balaban J connectivity index is 0. The fourth-order valence-corrected chi connectivity index (χ4v) is 1.04. The largest absolute Gasteiger partial charge is 0.0798 e. The van der Waals surface area contributed by atoms with Crippen LogP contribution in [0.1, 0.15) is 41.5 Å². The molecule has 0 nitrogen and oxygen atoms in total. The van der Waals surface area contributed by atoms with Gasteiger partial charge in [-0.3, -0.25) is 0 Å². The molecule has 0 fully saturated rings. The van der Waals surface area contributed by atoms with Gasteiger partial charge in [0, 0.05) is 0 Å². The molecule has 0 unspecified atom stereocenters. The van der Waals surface area contributed by atoms with Crippen molar-refractivity contribution in [2.24, 2.45) is 0 Å². The van der Waals surface area contributed by atoms with E-state index in [-0.39, 0.29) is 0 Å². The minimum atomic E-state index is 1.31. The van der Waals surface area contributed by atoms with Gasteiger partial charge in [-0.1, -0.05) is 64.1 Å². The van der Waals surface area contributed by atoms with E-state index in [2.05, 4.69) is 50.3 Å². The lowest BCUT2D eigenvalue weighted by Crippen LogP contribution is -2.22. The highest BCUT2D eigenvalue weighted by molar-refractivity contribution is 5.28. The van der Waals surface area contributed by atoms with E-state index in [0.29, 0.717) is 0 Å². The molecule has 1 rings (SSSR count). The van der Waals surface area contributed by atoms with Crippen molar-refractivity contribution in [1.29, 1.82) is 0 Å². The lowest BCUT2D eigenvalue weighted by Gasteiger charge is -1.85. The smallest absolute Gasteiger partial charge is 0.0230 e. The maximum absolute atomic E-state index is 2.12. The van der Waals surface area contributed by atoms with Crippen molar-refractivity contribution in [3.05, 3.63) is 34.7 Å². The van der Waals surface area contributed by atoms with Gasteiger partial charge in [-0.25, -0.2) is 0 Å². The van der Waals surface area contributed by atoms with Crippen molar-refractivity contribution < 1.29 is 0 Å². The molecule has 0 saturated carbocycles. The molecule has 0 heterocycles. The summed E-state index contributed by atoms with van der Waals surface area (Å²) in [7, 11) is 0. The van der Waals surface area contributed by atoms with Crippen LogP contribution in [0.5, 0.6) is 0 Å². The van der Waals surface area contributed by atoms with E-state index in [4.69, 9.17) is 0 Å². The van der Waals surface area contributed by atoms with Gasteiger partial charge < -0.3 is 0 Å². The molecule has 0 aliphatic carbocycles. The van der Waals surface area contributed by atoms with Gasteiger partial charge in [0.1, 0.15) is 0 Å². The summed E-state index contributed by atoms with van der Waals surface area (Å²) in [4.78, 5) is 0. The van der Waals surface area contributed by atoms with Gasteiger partial charge in [0.2, 0.25) is 0 Å². The summed E-state index contributed by atoms with van der Waals surface area (Å²) in [5, 5.41) is 2.62. The SMILES string of the molecule is C/C=c1/cccc/c1=C/C.CC.CC. The average Bonchev–Trinajstić information content (AvgIpc) is 2.34. The zero-order chi connectivity index (χ0) is 11.4. The van der Waals surface area contributed by atoms with Crippen LogP contribution >= 0.6 is 0 Å². The molecule has 0 atom stereocenters. The second-order valence-corrected chi connectivity index (χ2v) is 2.21. The monoisotopic (exact) mass is 192 g/mol. The molecule has 0 aliphatic heterocycles. The van der Waals surface area contributed by atoms with Gasteiger partial charge in [-0.15, -0.1) is 0 Å². The molecular weight excluding hydrogens is 168 g/mol. The molecule has 0 heteroatoms. The van der Waals surface area contributed by atoms with Gasteiger partial charge in [0.05, 0.1) is 0 Å². The van der Waals surface area contributed by atoms with Gasteiger partial charge in [0.25, 0.3) is 0 Å². The number of benzene rings is 1. The maximum atomic E-state index is 2.12. The van der Waals surface area contributed by atoms with Crippen LogP contribution in [0.15, 0.2) is 24.3 Å². The van der Waals surface area contributed by atoms with Crippen LogP contribution in [0.4, 0.5) is 0 Å². The molecular formula is C14H24. The van der Waals surface area contributed by atoms with Crippen LogP contribution in [0.3, 0.4) is 0 Å². The van der Waals surface area contributed by atoms with Crippen molar-refractivity contribution in [2.45, 2.75) is 41.5 Å². The van der Waals surface area contributed by atoms with Crippen molar-refractivity contribution in [1.82, 2.24) is 0 Å². The normalized spacial score (nSPS) is 11.0. The predicted octanol–water partition coefficient (Wildman–Crippen LogP) is 3.34. The summed E-state index contributed by atoms with van der Waals surface area (Å²) in [5.74, 6) is 0. The van der Waals surface area contributed by atoms with E-state index in [0.717, 1.165) is 0 Å². The first-order valence-electron chi connectivity index (χ1n) is 5.56. The van der Waals surface area contributed by atoms with E-state index in [1.165, 1.54) is 10.4 Å². The fraction of sp³-hybridized carbons (Fsp3) is 0.429. The lowest BCUT2D eigenvalue weighted by atomic mass is 10.2. The molecule has 0 amide bonds. The maximum Gasteiger partial charge on any atom is -0.0230 e. The Bertz CT molecular complexity index is 274. The van der Waals surface area contributed by atoms with Crippen LogP contribution in [-0.2, 0) is 0 Å². The van der Waals surface area contributed by atoms with Gasteiger partial charge >= 0.3 is 0 Å². The van der Waals surface area contributed by atoms with Crippen molar-refractivity contribution in [2.75, 3.05) is 0 Å². The molecule has 0 N–H and O–H groups in total. The fourth-order valence-electron chi connectivity index (χ4n) is 1.04. The summed E-state index contributed by atoms with van der Waals surface area (Å²) in [6.07, 6.45) is 4.24. The van der Waals surface area contributed by atoms with Crippen LogP contribution in [0, 0.1) is 0 Å². The summed E-state index contributed by atoms with van der Waals surface area (Å²) < 4.78 is 0. The summed E-state index contributed by atoms with van der Waals surface area (Å²) >= 11 is 0. The van der Waals surface area contributed by atoms with E-state index < -0.39 is 0 Å². The third-order valence-electron chi connectivity index (χ3n) is 1.62. The molecule has 0 saturated heterocycles. The first-order chi connectivity index (χ1) is 6.88. The van der Waals surface area contributed by atoms with E-state index in [9.17, 15) is 0 Å². The molecule has 1 aromatic carbocycles. The zero-order valence-corrected chi connectivity index (χ0v) is 10.5. The van der Waals surface area contributed by atoms with Gasteiger partial charge in [-0.05, 0) is 24.3 Å². The van der Waals surface area contributed by atoms with Crippen LogP contribution in [0.25, 0.3) is 12.2 Å². The van der Waals surface area contributed by atoms with Crippen molar-refractivity contribution in [3.8, 4) is 0 Å². The van der Waals surface area contributed by atoms with Crippen molar-refractivity contribution >= 4 is 12.2 Å².